The van der Waals surface area contributed by atoms with E-state index in [9.17, 15) is 4.79 Å². The van der Waals surface area contributed by atoms with Gasteiger partial charge in [-0.1, -0.05) is 37.3 Å². The Bertz CT molecular complexity index is 770. The Morgan fingerprint density at radius 3 is 2.30 bits per heavy atom. The predicted octanol–water partition coefficient (Wildman–Crippen LogP) is 3.37. The average Bonchev–Trinajstić information content (AvgIpc) is 2.73. The zero-order valence-corrected chi connectivity index (χ0v) is 16.4. The number of anilines is 1. The SMILES string of the molecule is CCc1ccccc1O[C@H](C)C(=O)N1CCN(c2ccccc2OC)CC1. The van der Waals surface area contributed by atoms with Crippen LogP contribution >= 0.6 is 0 Å². The van der Waals surface area contributed by atoms with Crippen molar-refractivity contribution in [2.24, 2.45) is 0 Å². The summed E-state index contributed by atoms with van der Waals surface area (Å²) in [7, 11) is 1.69. The topological polar surface area (TPSA) is 42.0 Å². The minimum absolute atomic E-state index is 0.0422. The number of piperazine rings is 1. The first-order chi connectivity index (χ1) is 13.1. The number of methoxy groups -OCH3 is 1. The maximum atomic E-state index is 12.8. The number of carbonyl (C=O) groups excluding carboxylic acids is 1. The van der Waals surface area contributed by atoms with E-state index in [1.807, 2.05) is 54.3 Å². The molecule has 1 atom stereocenters. The number of benzene rings is 2. The quantitative estimate of drug-likeness (QED) is 0.784. The van der Waals surface area contributed by atoms with Crippen molar-refractivity contribution in [1.82, 2.24) is 4.90 Å². The van der Waals surface area contributed by atoms with Crippen LogP contribution < -0.4 is 14.4 Å². The minimum Gasteiger partial charge on any atom is -0.495 e. The maximum Gasteiger partial charge on any atom is 0.263 e. The van der Waals surface area contributed by atoms with Gasteiger partial charge in [0.15, 0.2) is 6.10 Å². The van der Waals surface area contributed by atoms with E-state index >= 15 is 0 Å². The molecule has 0 unspecified atom stereocenters. The molecule has 0 aromatic heterocycles. The average molecular weight is 368 g/mol. The minimum atomic E-state index is -0.490. The summed E-state index contributed by atoms with van der Waals surface area (Å²) < 4.78 is 11.4. The largest absolute Gasteiger partial charge is 0.495 e. The van der Waals surface area contributed by atoms with E-state index in [0.717, 1.165) is 42.3 Å². The van der Waals surface area contributed by atoms with Crippen molar-refractivity contribution in [1.29, 1.82) is 0 Å². The molecule has 5 nitrogen and oxygen atoms in total. The normalized spacial score (nSPS) is 15.4. The Labute approximate surface area is 161 Å². The number of carbonyl (C=O) groups is 1. The van der Waals surface area contributed by atoms with Crippen molar-refractivity contribution < 1.29 is 14.3 Å². The van der Waals surface area contributed by atoms with Crippen LogP contribution in [0.25, 0.3) is 0 Å². The standard InChI is InChI=1S/C22H28N2O3/c1-4-18-9-5-7-11-20(18)27-17(2)22(25)24-15-13-23(14-16-24)19-10-6-8-12-21(19)26-3/h5-12,17H,4,13-16H2,1-3H3/t17-/m1/s1. The van der Waals surface area contributed by atoms with E-state index in [0.29, 0.717) is 13.1 Å². The van der Waals surface area contributed by atoms with Crippen LogP contribution in [-0.2, 0) is 11.2 Å². The second-order valence-corrected chi connectivity index (χ2v) is 6.71. The molecule has 1 amide bonds. The van der Waals surface area contributed by atoms with Gasteiger partial charge in [0.05, 0.1) is 12.8 Å². The Morgan fingerprint density at radius 1 is 1.00 bits per heavy atom. The van der Waals surface area contributed by atoms with E-state index in [4.69, 9.17) is 9.47 Å². The number of hydrogen-bond donors (Lipinski definition) is 0. The third-order valence-electron chi connectivity index (χ3n) is 5.02. The molecule has 27 heavy (non-hydrogen) atoms. The van der Waals surface area contributed by atoms with Gasteiger partial charge >= 0.3 is 0 Å². The molecule has 0 radical (unpaired) electrons. The van der Waals surface area contributed by atoms with Crippen molar-refractivity contribution in [3.05, 3.63) is 54.1 Å². The van der Waals surface area contributed by atoms with Crippen molar-refractivity contribution in [3.63, 3.8) is 0 Å². The third kappa shape index (κ3) is 4.35. The second-order valence-electron chi connectivity index (χ2n) is 6.71. The molecule has 0 N–H and O–H groups in total. The monoisotopic (exact) mass is 368 g/mol. The van der Waals surface area contributed by atoms with Crippen molar-refractivity contribution in [3.8, 4) is 11.5 Å². The highest BCUT2D eigenvalue weighted by Crippen LogP contribution is 2.28. The van der Waals surface area contributed by atoms with Gasteiger partial charge in [-0.05, 0) is 37.1 Å². The van der Waals surface area contributed by atoms with Gasteiger partial charge in [-0.15, -0.1) is 0 Å². The Morgan fingerprint density at radius 2 is 1.63 bits per heavy atom. The fourth-order valence-corrected chi connectivity index (χ4v) is 3.47. The molecular weight excluding hydrogens is 340 g/mol. The summed E-state index contributed by atoms with van der Waals surface area (Å²) in [6, 6.07) is 15.9. The van der Waals surface area contributed by atoms with Crippen LogP contribution in [0.5, 0.6) is 11.5 Å². The Balaban J connectivity index is 1.59. The molecule has 0 aliphatic carbocycles. The van der Waals surface area contributed by atoms with E-state index in [1.165, 1.54) is 0 Å². The summed E-state index contributed by atoms with van der Waals surface area (Å²) in [5, 5.41) is 0. The zero-order valence-electron chi connectivity index (χ0n) is 16.4. The van der Waals surface area contributed by atoms with Crippen LogP contribution in [0.4, 0.5) is 5.69 Å². The van der Waals surface area contributed by atoms with Crippen molar-refractivity contribution >= 4 is 11.6 Å². The number of nitrogens with zero attached hydrogens (tertiary/aromatic N) is 2. The van der Waals surface area contributed by atoms with E-state index in [-0.39, 0.29) is 5.91 Å². The highest BCUT2D eigenvalue weighted by atomic mass is 16.5. The lowest BCUT2D eigenvalue weighted by molar-refractivity contribution is -0.138. The van der Waals surface area contributed by atoms with E-state index in [1.54, 1.807) is 7.11 Å². The molecule has 1 fully saturated rings. The molecule has 1 aliphatic heterocycles. The second kappa shape index (κ2) is 8.80. The van der Waals surface area contributed by atoms with Crippen LogP contribution in [-0.4, -0.2) is 50.2 Å². The molecular formula is C22H28N2O3. The third-order valence-corrected chi connectivity index (χ3v) is 5.02. The van der Waals surface area contributed by atoms with Gasteiger partial charge in [0.25, 0.3) is 5.91 Å². The van der Waals surface area contributed by atoms with Gasteiger partial charge in [0, 0.05) is 26.2 Å². The summed E-state index contributed by atoms with van der Waals surface area (Å²) in [5.74, 6) is 1.71. The Kier molecular flexibility index (Phi) is 6.22. The van der Waals surface area contributed by atoms with Gasteiger partial charge < -0.3 is 19.3 Å². The molecule has 0 spiro atoms. The molecule has 0 bridgehead atoms. The smallest absolute Gasteiger partial charge is 0.263 e. The van der Waals surface area contributed by atoms with Gasteiger partial charge in [-0.2, -0.15) is 0 Å². The predicted molar refractivity (Wildman–Crippen MR) is 108 cm³/mol. The van der Waals surface area contributed by atoms with Crippen molar-refractivity contribution in [2.75, 3.05) is 38.2 Å². The molecule has 2 aromatic rings. The lowest BCUT2D eigenvalue weighted by Gasteiger charge is -2.37. The lowest BCUT2D eigenvalue weighted by Crippen LogP contribution is -2.52. The van der Waals surface area contributed by atoms with Crippen LogP contribution in [0.15, 0.2) is 48.5 Å². The molecule has 0 saturated carbocycles. The molecule has 1 aliphatic rings. The van der Waals surface area contributed by atoms with Crippen LogP contribution in [0.2, 0.25) is 0 Å². The number of para-hydroxylation sites is 3. The first kappa shape index (κ1) is 19.1. The number of rotatable bonds is 6. The number of amides is 1. The number of ether oxygens (including phenoxy) is 2. The summed E-state index contributed by atoms with van der Waals surface area (Å²) in [6.07, 6.45) is 0.393. The van der Waals surface area contributed by atoms with Gasteiger partial charge in [-0.3, -0.25) is 4.79 Å². The van der Waals surface area contributed by atoms with Crippen molar-refractivity contribution in [2.45, 2.75) is 26.4 Å². The first-order valence-electron chi connectivity index (χ1n) is 9.55. The van der Waals surface area contributed by atoms with Gasteiger partial charge in [-0.25, -0.2) is 0 Å². The number of hydrogen-bond acceptors (Lipinski definition) is 4. The van der Waals surface area contributed by atoms with Crippen LogP contribution in [0.3, 0.4) is 0 Å². The fourth-order valence-electron chi connectivity index (χ4n) is 3.47. The Hall–Kier alpha value is -2.69. The lowest BCUT2D eigenvalue weighted by atomic mass is 10.1. The summed E-state index contributed by atoms with van der Waals surface area (Å²) >= 11 is 0. The van der Waals surface area contributed by atoms with Gasteiger partial charge in [0.2, 0.25) is 0 Å². The summed E-state index contributed by atoms with van der Waals surface area (Å²) in [6.45, 7) is 6.85. The first-order valence-corrected chi connectivity index (χ1v) is 9.55. The van der Waals surface area contributed by atoms with Gasteiger partial charge in [0.1, 0.15) is 11.5 Å². The molecule has 2 aromatic carbocycles. The zero-order chi connectivity index (χ0) is 19.2. The van der Waals surface area contributed by atoms with Crippen LogP contribution in [0, 0.1) is 0 Å². The molecule has 5 heteroatoms. The van der Waals surface area contributed by atoms with Crippen LogP contribution in [0.1, 0.15) is 19.4 Å². The molecule has 1 heterocycles. The fraction of sp³-hybridized carbons (Fsp3) is 0.409. The molecule has 3 rings (SSSR count). The van der Waals surface area contributed by atoms with E-state index < -0.39 is 6.10 Å². The summed E-state index contributed by atoms with van der Waals surface area (Å²) in [4.78, 5) is 17.0. The molecule has 1 saturated heterocycles. The highest BCUT2D eigenvalue weighted by molar-refractivity contribution is 5.81. The number of aryl methyl sites for hydroxylation is 1. The van der Waals surface area contributed by atoms with E-state index in [2.05, 4.69) is 17.9 Å². The maximum absolute atomic E-state index is 12.8. The summed E-state index contributed by atoms with van der Waals surface area (Å²) in [5.41, 5.74) is 2.20. The highest BCUT2D eigenvalue weighted by Gasteiger charge is 2.27. The molecule has 144 valence electrons.